The Hall–Kier alpha value is -1.38. The third kappa shape index (κ3) is 0.748. The van der Waals surface area contributed by atoms with Crippen LogP contribution in [0.3, 0.4) is 0 Å². The quantitative estimate of drug-likeness (QED) is 0.642. The molecule has 0 aromatic rings. The number of ketones is 2. The number of hydrogen-bond donors (Lipinski definition) is 0. The minimum atomic E-state index is -0.488. The number of fused-ring (bicyclic) bond motifs is 4. The lowest BCUT2D eigenvalue weighted by molar-refractivity contribution is -0.150. The summed E-state index contributed by atoms with van der Waals surface area (Å²) in [6.45, 7) is 1.89. The van der Waals surface area contributed by atoms with Gasteiger partial charge in [0.1, 0.15) is 0 Å². The minimum absolute atomic E-state index is 0.00157. The molecule has 3 nitrogen and oxygen atoms in total. The lowest BCUT2D eigenvalue weighted by atomic mass is 9.49. The van der Waals surface area contributed by atoms with Crippen molar-refractivity contribution in [3.8, 4) is 0 Å². The van der Waals surface area contributed by atoms with Crippen LogP contribution in [-0.4, -0.2) is 18.7 Å². The molecule has 0 aromatic heterocycles. The molecule has 3 aliphatic carbocycles. The second-order valence-corrected chi connectivity index (χ2v) is 4.69. The molecule has 0 bridgehead atoms. The summed E-state index contributed by atoms with van der Waals surface area (Å²) in [6, 6.07) is 0. The van der Waals surface area contributed by atoms with Gasteiger partial charge in [-0.25, -0.2) is 0 Å². The second kappa shape index (κ2) is 2.40. The molecule has 0 unspecified atom stereocenters. The normalized spacial score (nSPS) is 46.0. The Morgan fingerprint density at radius 3 is 2.80 bits per heavy atom. The number of carbonyl (C=O) groups is 2. The van der Waals surface area contributed by atoms with Crippen molar-refractivity contribution in [3.05, 3.63) is 24.0 Å². The van der Waals surface area contributed by atoms with Crippen molar-refractivity contribution in [2.24, 2.45) is 23.2 Å². The van der Waals surface area contributed by atoms with Crippen LogP contribution < -0.4 is 0 Å². The first kappa shape index (κ1) is 8.89. The molecule has 1 saturated carbocycles. The van der Waals surface area contributed by atoms with Gasteiger partial charge in [0.25, 0.3) is 0 Å². The summed E-state index contributed by atoms with van der Waals surface area (Å²) in [7, 11) is 1.50. The fraction of sp³-hybridized carbons (Fsp3) is 0.500. The van der Waals surface area contributed by atoms with Gasteiger partial charge in [-0.05, 0) is 24.0 Å². The Morgan fingerprint density at radius 2 is 2.13 bits per heavy atom. The lowest BCUT2D eigenvalue weighted by Gasteiger charge is -2.50. The smallest absolute Gasteiger partial charge is 0.201 e. The molecule has 0 radical (unpaired) electrons. The lowest BCUT2D eigenvalue weighted by Crippen LogP contribution is -2.56. The molecule has 0 aliphatic heterocycles. The molecule has 1 fully saturated rings. The maximum atomic E-state index is 11.9. The highest BCUT2D eigenvalue weighted by Crippen LogP contribution is 2.63. The number of carbonyl (C=O) groups excluding carboxylic acids is 2. The zero-order valence-electron chi connectivity index (χ0n) is 8.69. The van der Waals surface area contributed by atoms with E-state index < -0.39 is 5.41 Å². The van der Waals surface area contributed by atoms with E-state index in [-0.39, 0.29) is 29.3 Å². The van der Waals surface area contributed by atoms with Gasteiger partial charge in [0.05, 0.1) is 7.11 Å². The van der Waals surface area contributed by atoms with E-state index >= 15 is 0 Å². The van der Waals surface area contributed by atoms with Gasteiger partial charge in [0.15, 0.2) is 11.5 Å². The Bertz CT molecular complexity index is 432. The first-order chi connectivity index (χ1) is 7.10. The largest absolute Gasteiger partial charge is 0.493 e. The summed E-state index contributed by atoms with van der Waals surface area (Å²) in [5.41, 5.74) is -0.488. The Balaban J connectivity index is 2.03. The SMILES string of the molecule is COC1=C[C@H]2[C@H]3C=CC(=O)[C@@]3(C)[C@H]2C1=O. The summed E-state index contributed by atoms with van der Waals surface area (Å²) < 4.78 is 5.03. The van der Waals surface area contributed by atoms with Crippen molar-refractivity contribution in [1.82, 2.24) is 0 Å². The number of Topliss-reactive ketones (excluding diaryl/α,β-unsaturated/α-hetero) is 1. The predicted molar refractivity (Wildman–Crippen MR) is 52.8 cm³/mol. The number of hydrogen-bond acceptors (Lipinski definition) is 3. The van der Waals surface area contributed by atoms with E-state index in [9.17, 15) is 9.59 Å². The molecule has 0 N–H and O–H groups in total. The van der Waals surface area contributed by atoms with Crippen molar-refractivity contribution in [1.29, 1.82) is 0 Å². The number of rotatable bonds is 1. The molecule has 3 heteroatoms. The monoisotopic (exact) mass is 204 g/mol. The van der Waals surface area contributed by atoms with Crippen molar-refractivity contribution in [2.75, 3.05) is 7.11 Å². The van der Waals surface area contributed by atoms with Crippen LogP contribution >= 0.6 is 0 Å². The van der Waals surface area contributed by atoms with Crippen molar-refractivity contribution >= 4 is 11.6 Å². The predicted octanol–water partition coefficient (Wildman–Crippen LogP) is 1.11. The Labute approximate surface area is 87.8 Å². The third-order valence-corrected chi connectivity index (χ3v) is 4.21. The summed E-state index contributed by atoms with van der Waals surface area (Å²) in [6.07, 6.45) is 5.44. The number of ether oxygens (including phenoxy) is 1. The first-order valence-corrected chi connectivity index (χ1v) is 5.13. The molecule has 78 valence electrons. The molecular weight excluding hydrogens is 192 g/mol. The zero-order valence-corrected chi connectivity index (χ0v) is 8.69. The minimum Gasteiger partial charge on any atom is -0.493 e. The Morgan fingerprint density at radius 1 is 1.40 bits per heavy atom. The summed E-state index contributed by atoms with van der Waals surface area (Å²) in [5, 5.41) is 0. The van der Waals surface area contributed by atoms with Gasteiger partial charge in [-0.2, -0.15) is 0 Å². The van der Waals surface area contributed by atoms with Crippen molar-refractivity contribution in [2.45, 2.75) is 6.92 Å². The van der Waals surface area contributed by atoms with Crippen LogP contribution in [-0.2, 0) is 14.3 Å². The van der Waals surface area contributed by atoms with Gasteiger partial charge in [0, 0.05) is 11.3 Å². The highest BCUT2D eigenvalue weighted by molar-refractivity contribution is 6.09. The molecule has 3 rings (SSSR count). The van der Waals surface area contributed by atoms with Crippen LogP contribution in [0.2, 0.25) is 0 Å². The summed E-state index contributed by atoms with van der Waals surface area (Å²) in [5.74, 6) is 0.722. The average Bonchev–Trinajstić information content (AvgIpc) is 2.62. The van der Waals surface area contributed by atoms with Crippen molar-refractivity contribution < 1.29 is 14.3 Å². The highest BCUT2D eigenvalue weighted by atomic mass is 16.5. The van der Waals surface area contributed by atoms with Gasteiger partial charge in [-0.15, -0.1) is 0 Å². The van der Waals surface area contributed by atoms with Crippen LogP contribution in [0.5, 0.6) is 0 Å². The van der Waals surface area contributed by atoms with Crippen LogP contribution in [0.25, 0.3) is 0 Å². The van der Waals surface area contributed by atoms with Gasteiger partial charge in [-0.1, -0.05) is 13.0 Å². The van der Waals surface area contributed by atoms with E-state index in [4.69, 9.17) is 4.74 Å². The van der Waals surface area contributed by atoms with Crippen molar-refractivity contribution in [3.63, 3.8) is 0 Å². The molecular formula is C12H12O3. The average molecular weight is 204 g/mol. The van der Waals surface area contributed by atoms with Crippen LogP contribution in [0.4, 0.5) is 0 Å². The molecule has 0 heterocycles. The van der Waals surface area contributed by atoms with Gasteiger partial charge in [0.2, 0.25) is 5.78 Å². The van der Waals surface area contributed by atoms with E-state index in [0.717, 1.165) is 0 Å². The zero-order chi connectivity index (χ0) is 10.8. The van der Waals surface area contributed by atoms with Gasteiger partial charge < -0.3 is 4.74 Å². The maximum absolute atomic E-state index is 11.9. The standard InChI is InChI=1S/C12H12O3/c1-12-7(3-4-9(12)13)6-5-8(15-2)11(14)10(6)12/h3-7,10H,1-2H3/t6-,7+,10+,12-/m0/s1. The molecule has 0 aromatic carbocycles. The fourth-order valence-electron chi connectivity index (χ4n) is 3.34. The van der Waals surface area contributed by atoms with Crippen LogP contribution in [0.15, 0.2) is 24.0 Å². The van der Waals surface area contributed by atoms with Crippen LogP contribution in [0.1, 0.15) is 6.92 Å². The van der Waals surface area contributed by atoms with E-state index in [0.29, 0.717) is 5.76 Å². The van der Waals surface area contributed by atoms with E-state index in [1.54, 1.807) is 6.08 Å². The fourth-order valence-corrected chi connectivity index (χ4v) is 3.34. The molecule has 4 atom stereocenters. The molecule has 0 amide bonds. The first-order valence-electron chi connectivity index (χ1n) is 5.13. The molecule has 3 aliphatic rings. The topological polar surface area (TPSA) is 43.4 Å². The van der Waals surface area contributed by atoms with Crippen LogP contribution in [0, 0.1) is 23.2 Å². The third-order valence-electron chi connectivity index (χ3n) is 4.21. The molecule has 0 saturated heterocycles. The maximum Gasteiger partial charge on any atom is 0.201 e. The second-order valence-electron chi connectivity index (χ2n) is 4.69. The van der Waals surface area contributed by atoms with E-state index in [1.165, 1.54) is 7.11 Å². The van der Waals surface area contributed by atoms with Gasteiger partial charge >= 0.3 is 0 Å². The molecule has 15 heavy (non-hydrogen) atoms. The van der Waals surface area contributed by atoms with E-state index in [2.05, 4.69) is 0 Å². The number of methoxy groups -OCH3 is 1. The summed E-state index contributed by atoms with van der Waals surface area (Å²) >= 11 is 0. The van der Waals surface area contributed by atoms with Gasteiger partial charge in [-0.3, -0.25) is 9.59 Å². The summed E-state index contributed by atoms with van der Waals surface area (Å²) in [4.78, 5) is 23.7. The number of allylic oxidation sites excluding steroid dienone is 4. The Kier molecular flexibility index (Phi) is 1.43. The van der Waals surface area contributed by atoms with E-state index in [1.807, 2.05) is 19.1 Å². The molecule has 0 spiro atoms. The highest BCUT2D eigenvalue weighted by Gasteiger charge is 2.68.